The summed E-state index contributed by atoms with van der Waals surface area (Å²) >= 11 is 0. The van der Waals surface area contributed by atoms with Crippen LogP contribution in [0, 0.1) is 13.8 Å². The van der Waals surface area contributed by atoms with Crippen molar-refractivity contribution in [3.05, 3.63) is 70.3 Å². The Morgan fingerprint density at radius 3 is 2.47 bits per heavy atom. The summed E-state index contributed by atoms with van der Waals surface area (Å²) in [6.07, 6.45) is 1.54. The molecule has 2 aromatic rings. The predicted molar refractivity (Wildman–Crippen MR) is 128 cm³/mol. The molecular weight excluding hydrogens is 417 g/mol. The molecule has 1 aliphatic heterocycles. The van der Waals surface area contributed by atoms with Gasteiger partial charge in [0.05, 0.1) is 0 Å². The van der Waals surface area contributed by atoms with Crippen molar-refractivity contribution in [1.82, 2.24) is 10.2 Å². The summed E-state index contributed by atoms with van der Waals surface area (Å²) in [4.78, 5) is 15.5. The Bertz CT molecular complexity index is 884. The monoisotopic (exact) mass is 449 g/mol. The first kappa shape index (κ1) is 24.7. The second-order valence-corrected chi connectivity index (χ2v) is 8.72. The van der Waals surface area contributed by atoms with Crippen LogP contribution in [0.2, 0.25) is 0 Å². The molecule has 4 rings (SSSR count). The molecule has 2 aliphatic rings. The molecule has 30 heavy (non-hydrogen) atoms. The number of nitrogens with zero attached hydrogens (tertiary/aromatic N) is 1. The van der Waals surface area contributed by atoms with E-state index in [-0.39, 0.29) is 36.6 Å². The highest BCUT2D eigenvalue weighted by atomic mass is 35.5. The van der Waals surface area contributed by atoms with Gasteiger partial charge in [-0.15, -0.1) is 24.8 Å². The molecule has 3 N–H and O–H groups in total. The van der Waals surface area contributed by atoms with Crippen molar-refractivity contribution < 1.29 is 4.79 Å². The first-order chi connectivity index (χ1) is 13.4. The minimum absolute atomic E-state index is 0. The van der Waals surface area contributed by atoms with Gasteiger partial charge in [-0.05, 0) is 43.9 Å². The van der Waals surface area contributed by atoms with Gasteiger partial charge < -0.3 is 11.1 Å². The Hall–Kier alpha value is -1.59. The molecule has 6 heteroatoms. The minimum atomic E-state index is -0.655. The standard InChI is InChI=1S/C24H31N3O.2ClH/c1-16-10-17(2)12-19(11-16)13-22-21-7-5-4-6-20(21)14-24(22,23(25)28)27-9-8-26-18(3)15-27;;/h4-7,10-12,18,22,26H,8-9,13-15H2,1-3H3,(H2,25,28);2*1H. The van der Waals surface area contributed by atoms with Crippen molar-refractivity contribution in [3.8, 4) is 0 Å². The second kappa shape index (κ2) is 9.69. The molecule has 1 saturated heterocycles. The minimum Gasteiger partial charge on any atom is -0.368 e. The van der Waals surface area contributed by atoms with Crippen LogP contribution in [0.3, 0.4) is 0 Å². The third-order valence-corrected chi connectivity index (χ3v) is 6.55. The van der Waals surface area contributed by atoms with E-state index < -0.39 is 5.54 Å². The van der Waals surface area contributed by atoms with Crippen LogP contribution in [0.15, 0.2) is 42.5 Å². The molecule has 0 bridgehead atoms. The Kier molecular flexibility index (Phi) is 7.97. The quantitative estimate of drug-likeness (QED) is 0.749. The molecule has 2 aromatic carbocycles. The lowest BCUT2D eigenvalue weighted by Crippen LogP contribution is -2.66. The zero-order valence-corrected chi connectivity index (χ0v) is 19.6. The number of carbonyl (C=O) groups is 1. The molecule has 0 aromatic heterocycles. The van der Waals surface area contributed by atoms with Gasteiger partial charge in [0.1, 0.15) is 5.54 Å². The maximum atomic E-state index is 13.1. The van der Waals surface area contributed by atoms with E-state index in [0.29, 0.717) is 12.5 Å². The predicted octanol–water partition coefficient (Wildman–Crippen LogP) is 3.55. The van der Waals surface area contributed by atoms with E-state index >= 15 is 0 Å². The number of hydrogen-bond donors (Lipinski definition) is 2. The van der Waals surface area contributed by atoms with Crippen molar-refractivity contribution in [3.63, 3.8) is 0 Å². The van der Waals surface area contributed by atoms with Crippen molar-refractivity contribution in [2.75, 3.05) is 19.6 Å². The van der Waals surface area contributed by atoms with Gasteiger partial charge in [0.15, 0.2) is 0 Å². The smallest absolute Gasteiger partial charge is 0.238 e. The number of rotatable bonds is 4. The molecule has 3 atom stereocenters. The maximum absolute atomic E-state index is 13.1. The van der Waals surface area contributed by atoms with Crippen molar-refractivity contribution in [2.24, 2.45) is 5.73 Å². The van der Waals surface area contributed by atoms with E-state index in [1.54, 1.807) is 0 Å². The maximum Gasteiger partial charge on any atom is 0.238 e. The number of piperazine rings is 1. The molecule has 3 unspecified atom stereocenters. The summed E-state index contributed by atoms with van der Waals surface area (Å²) in [5.74, 6) is -0.111. The van der Waals surface area contributed by atoms with E-state index in [4.69, 9.17) is 5.73 Å². The van der Waals surface area contributed by atoms with Crippen LogP contribution >= 0.6 is 24.8 Å². The van der Waals surface area contributed by atoms with E-state index in [2.05, 4.69) is 73.5 Å². The van der Waals surface area contributed by atoms with Crippen molar-refractivity contribution in [1.29, 1.82) is 0 Å². The second-order valence-electron chi connectivity index (χ2n) is 8.72. The van der Waals surface area contributed by atoms with Crippen LogP contribution in [0.5, 0.6) is 0 Å². The van der Waals surface area contributed by atoms with Gasteiger partial charge in [-0.25, -0.2) is 0 Å². The summed E-state index contributed by atoms with van der Waals surface area (Å²) in [5, 5.41) is 3.50. The number of halogens is 2. The number of nitrogens with one attached hydrogen (secondary N) is 1. The van der Waals surface area contributed by atoms with Crippen LogP contribution in [-0.2, 0) is 17.6 Å². The van der Waals surface area contributed by atoms with E-state index in [1.807, 2.05) is 0 Å². The Morgan fingerprint density at radius 2 is 1.83 bits per heavy atom. The first-order valence-corrected chi connectivity index (χ1v) is 10.3. The van der Waals surface area contributed by atoms with Crippen LogP contribution < -0.4 is 11.1 Å². The summed E-state index contributed by atoms with van der Waals surface area (Å²) in [5.41, 5.74) is 11.9. The topological polar surface area (TPSA) is 58.4 Å². The zero-order valence-electron chi connectivity index (χ0n) is 18.0. The number of carbonyl (C=O) groups excluding carboxylic acids is 1. The Morgan fingerprint density at radius 1 is 1.17 bits per heavy atom. The first-order valence-electron chi connectivity index (χ1n) is 10.3. The average molecular weight is 450 g/mol. The van der Waals surface area contributed by atoms with Crippen molar-refractivity contribution in [2.45, 2.75) is 51.1 Å². The molecule has 1 amide bonds. The van der Waals surface area contributed by atoms with Gasteiger partial charge >= 0.3 is 0 Å². The Balaban J connectivity index is 0.00000160. The number of hydrogen-bond acceptors (Lipinski definition) is 3. The number of amides is 1. The van der Waals surface area contributed by atoms with Crippen LogP contribution in [0.4, 0.5) is 0 Å². The molecular formula is C24H33Cl2N3O. The number of aryl methyl sites for hydroxylation is 2. The Labute approximate surface area is 192 Å². The lowest BCUT2D eigenvalue weighted by Gasteiger charge is -2.47. The van der Waals surface area contributed by atoms with Crippen molar-refractivity contribution >= 4 is 30.7 Å². The third-order valence-electron chi connectivity index (χ3n) is 6.55. The molecule has 1 fully saturated rings. The molecule has 0 radical (unpaired) electrons. The van der Waals surface area contributed by atoms with E-state index in [1.165, 1.54) is 27.8 Å². The number of fused-ring (bicyclic) bond motifs is 1. The van der Waals surface area contributed by atoms with Crippen LogP contribution in [0.1, 0.15) is 40.7 Å². The summed E-state index contributed by atoms with van der Waals surface area (Å²) in [6.45, 7) is 9.05. The number of primary amides is 1. The van der Waals surface area contributed by atoms with Crippen LogP contribution in [-0.4, -0.2) is 42.0 Å². The summed E-state index contributed by atoms with van der Waals surface area (Å²) < 4.78 is 0. The molecule has 4 nitrogen and oxygen atoms in total. The fourth-order valence-electron chi connectivity index (χ4n) is 5.45. The van der Waals surface area contributed by atoms with Gasteiger partial charge in [-0.1, -0.05) is 53.6 Å². The lowest BCUT2D eigenvalue weighted by atomic mass is 9.77. The highest BCUT2D eigenvalue weighted by molar-refractivity contribution is 5.88. The lowest BCUT2D eigenvalue weighted by molar-refractivity contribution is -0.132. The van der Waals surface area contributed by atoms with E-state index in [9.17, 15) is 4.79 Å². The zero-order chi connectivity index (χ0) is 19.9. The largest absolute Gasteiger partial charge is 0.368 e. The fourth-order valence-corrected chi connectivity index (χ4v) is 5.45. The summed E-state index contributed by atoms with van der Waals surface area (Å²) in [6, 6.07) is 15.6. The SMILES string of the molecule is Cc1cc(C)cc(CC2c3ccccc3CC2(C(N)=O)N2CCNC(C)C2)c1.Cl.Cl. The average Bonchev–Trinajstić information content (AvgIpc) is 2.96. The normalized spacial score (nSPS) is 25.7. The van der Waals surface area contributed by atoms with Gasteiger partial charge in [0.2, 0.25) is 5.91 Å². The van der Waals surface area contributed by atoms with Crippen LogP contribution in [0.25, 0.3) is 0 Å². The number of nitrogens with two attached hydrogens (primary N) is 1. The highest BCUT2D eigenvalue weighted by Crippen LogP contribution is 2.46. The molecule has 1 heterocycles. The van der Waals surface area contributed by atoms with Gasteiger partial charge in [-0.2, -0.15) is 0 Å². The summed E-state index contributed by atoms with van der Waals surface area (Å²) in [7, 11) is 0. The van der Waals surface area contributed by atoms with Gasteiger partial charge in [0.25, 0.3) is 0 Å². The molecule has 0 saturated carbocycles. The molecule has 1 aliphatic carbocycles. The number of benzene rings is 2. The van der Waals surface area contributed by atoms with Gasteiger partial charge in [0, 0.05) is 38.0 Å². The van der Waals surface area contributed by atoms with E-state index in [0.717, 1.165) is 26.1 Å². The molecule has 164 valence electrons. The van der Waals surface area contributed by atoms with Gasteiger partial charge in [-0.3, -0.25) is 9.69 Å². The third kappa shape index (κ3) is 4.38. The fraction of sp³-hybridized carbons (Fsp3) is 0.458. The highest BCUT2D eigenvalue weighted by Gasteiger charge is 2.54. The molecule has 0 spiro atoms.